The summed E-state index contributed by atoms with van der Waals surface area (Å²) in [5.41, 5.74) is -1.69. The Bertz CT molecular complexity index is 680. The molecule has 0 aromatic heterocycles. The maximum atomic E-state index is 13.4. The molecule has 22 heavy (non-hydrogen) atoms. The van der Waals surface area contributed by atoms with Gasteiger partial charge in [-0.3, -0.25) is 4.79 Å². The fourth-order valence-electron chi connectivity index (χ4n) is 1.92. The molecule has 7 heteroatoms. The van der Waals surface area contributed by atoms with Crippen molar-refractivity contribution >= 4 is 5.78 Å². The molecular weight excluding hydrogens is 310 g/mol. The molecule has 2 aromatic rings. The molecule has 116 valence electrons. The first-order valence-electron chi connectivity index (χ1n) is 6.07. The molecule has 2 rings (SSSR count). The summed E-state index contributed by atoms with van der Waals surface area (Å²) in [5, 5.41) is 0. The van der Waals surface area contributed by atoms with E-state index in [0.29, 0.717) is 24.3 Å². The zero-order chi connectivity index (χ0) is 16.4. The number of Topliss-reactive ketones (excluding diaryl/α,β-unsaturated/α-hetero) is 1. The van der Waals surface area contributed by atoms with Gasteiger partial charge in [0.2, 0.25) is 0 Å². The first-order valence-corrected chi connectivity index (χ1v) is 6.07. The van der Waals surface area contributed by atoms with Crippen molar-refractivity contribution < 1.29 is 31.1 Å². The van der Waals surface area contributed by atoms with Gasteiger partial charge >= 0.3 is 0 Å². The van der Waals surface area contributed by atoms with Crippen LogP contribution in [0.25, 0.3) is 0 Å². The van der Waals surface area contributed by atoms with E-state index in [0.717, 1.165) is 0 Å². The summed E-state index contributed by atoms with van der Waals surface area (Å²) in [6, 6.07) is 2.35. The molecule has 0 spiro atoms. The molecule has 0 saturated carbocycles. The Kier molecular flexibility index (Phi) is 4.54. The fraction of sp³-hybridized carbons (Fsp3) is 0.133. The molecular formula is C15H8F6O. The summed E-state index contributed by atoms with van der Waals surface area (Å²) >= 11 is 0. The molecule has 0 atom stereocenters. The van der Waals surface area contributed by atoms with E-state index in [1.54, 1.807) is 0 Å². The topological polar surface area (TPSA) is 17.1 Å². The lowest BCUT2D eigenvalue weighted by molar-refractivity contribution is -0.118. The lowest BCUT2D eigenvalue weighted by Crippen LogP contribution is -2.13. The Hall–Kier alpha value is -2.31. The number of carbonyl (C=O) groups excluding carboxylic acids is 1. The van der Waals surface area contributed by atoms with Crippen molar-refractivity contribution in [2.24, 2.45) is 0 Å². The molecule has 2 aromatic carbocycles. The van der Waals surface area contributed by atoms with Gasteiger partial charge in [-0.15, -0.1) is 0 Å². The third kappa shape index (κ3) is 3.13. The van der Waals surface area contributed by atoms with Crippen molar-refractivity contribution in [1.29, 1.82) is 0 Å². The molecule has 0 unspecified atom stereocenters. The lowest BCUT2D eigenvalue weighted by Gasteiger charge is -2.07. The Morgan fingerprint density at radius 2 is 0.955 bits per heavy atom. The van der Waals surface area contributed by atoms with Crippen LogP contribution in [0.5, 0.6) is 0 Å². The second kappa shape index (κ2) is 6.21. The van der Waals surface area contributed by atoms with E-state index in [1.165, 1.54) is 0 Å². The molecule has 0 saturated heterocycles. The molecule has 0 N–H and O–H groups in total. The normalized spacial score (nSPS) is 10.8. The minimum absolute atomic E-state index is 0.546. The van der Waals surface area contributed by atoms with Gasteiger partial charge in [-0.2, -0.15) is 0 Å². The van der Waals surface area contributed by atoms with Crippen molar-refractivity contribution in [2.45, 2.75) is 12.8 Å². The highest BCUT2D eigenvalue weighted by Gasteiger charge is 2.21. The van der Waals surface area contributed by atoms with Crippen LogP contribution in [0.4, 0.5) is 26.3 Å². The molecule has 0 amide bonds. The quantitative estimate of drug-likeness (QED) is 0.618. The SMILES string of the molecule is O=C(Cc1c(F)ccc(F)c1F)Cc1c(F)ccc(F)c1F. The Morgan fingerprint density at radius 3 is 1.32 bits per heavy atom. The highest BCUT2D eigenvalue weighted by Crippen LogP contribution is 2.20. The lowest BCUT2D eigenvalue weighted by atomic mass is 10.0. The summed E-state index contributed by atoms with van der Waals surface area (Å²) < 4.78 is 79.6. The van der Waals surface area contributed by atoms with Crippen LogP contribution >= 0.6 is 0 Å². The Morgan fingerprint density at radius 1 is 0.636 bits per heavy atom. The summed E-state index contributed by atoms with van der Waals surface area (Å²) in [5.74, 6) is -9.12. The largest absolute Gasteiger partial charge is 0.299 e. The van der Waals surface area contributed by atoms with Crippen molar-refractivity contribution in [2.75, 3.05) is 0 Å². The molecule has 0 aliphatic carbocycles. The van der Waals surface area contributed by atoms with Crippen molar-refractivity contribution in [1.82, 2.24) is 0 Å². The molecule has 1 nitrogen and oxygen atoms in total. The summed E-state index contributed by atoms with van der Waals surface area (Å²) in [6.07, 6.45) is -1.82. The third-order valence-corrected chi connectivity index (χ3v) is 3.03. The van der Waals surface area contributed by atoms with Gasteiger partial charge in [0.25, 0.3) is 0 Å². The van der Waals surface area contributed by atoms with Crippen LogP contribution in [0.1, 0.15) is 11.1 Å². The van der Waals surface area contributed by atoms with E-state index in [-0.39, 0.29) is 0 Å². The predicted molar refractivity (Wildman–Crippen MR) is 65.0 cm³/mol. The van der Waals surface area contributed by atoms with Crippen LogP contribution in [0, 0.1) is 34.9 Å². The molecule has 0 radical (unpaired) electrons. The zero-order valence-corrected chi connectivity index (χ0v) is 10.9. The van der Waals surface area contributed by atoms with Gasteiger partial charge in [-0.25, -0.2) is 26.3 Å². The van der Waals surface area contributed by atoms with Crippen LogP contribution in [0.2, 0.25) is 0 Å². The van der Waals surface area contributed by atoms with E-state index >= 15 is 0 Å². The number of rotatable bonds is 4. The van der Waals surface area contributed by atoms with Crippen LogP contribution in [0.15, 0.2) is 24.3 Å². The average Bonchev–Trinajstić information content (AvgIpc) is 2.48. The first kappa shape index (κ1) is 16.1. The van der Waals surface area contributed by atoms with Crippen LogP contribution in [-0.4, -0.2) is 5.78 Å². The highest BCUT2D eigenvalue weighted by atomic mass is 19.2. The molecule has 0 aliphatic rings. The molecule has 0 heterocycles. The van der Waals surface area contributed by atoms with Gasteiger partial charge in [-0.1, -0.05) is 0 Å². The van der Waals surface area contributed by atoms with Crippen molar-refractivity contribution in [3.8, 4) is 0 Å². The number of benzene rings is 2. The average molecular weight is 318 g/mol. The standard InChI is InChI=1S/C15H8F6O/c16-10-1-3-12(18)14(20)8(10)5-7(22)6-9-11(17)2-4-13(19)15(9)21/h1-4H,5-6H2. The molecule has 0 bridgehead atoms. The second-order valence-electron chi connectivity index (χ2n) is 4.54. The predicted octanol–water partition coefficient (Wildman–Crippen LogP) is 3.88. The summed E-state index contributed by atoms with van der Waals surface area (Å²) in [6.45, 7) is 0. The monoisotopic (exact) mass is 318 g/mol. The van der Waals surface area contributed by atoms with E-state index in [1.807, 2.05) is 0 Å². The van der Waals surface area contributed by atoms with Crippen LogP contribution in [0.3, 0.4) is 0 Å². The van der Waals surface area contributed by atoms with Crippen LogP contribution < -0.4 is 0 Å². The number of ketones is 1. The number of carbonyl (C=O) groups is 1. The van der Waals surface area contributed by atoms with Gasteiger partial charge in [-0.05, 0) is 24.3 Å². The zero-order valence-electron chi connectivity index (χ0n) is 10.9. The van der Waals surface area contributed by atoms with Gasteiger partial charge in [0.15, 0.2) is 23.3 Å². The molecule has 0 aliphatic heterocycles. The van der Waals surface area contributed by atoms with E-state index in [2.05, 4.69) is 0 Å². The van der Waals surface area contributed by atoms with E-state index < -0.39 is 64.7 Å². The maximum Gasteiger partial charge on any atom is 0.165 e. The van der Waals surface area contributed by atoms with E-state index in [9.17, 15) is 31.1 Å². The summed E-state index contributed by atoms with van der Waals surface area (Å²) in [4.78, 5) is 11.7. The van der Waals surface area contributed by atoms with Gasteiger partial charge in [0.05, 0.1) is 0 Å². The Labute approximate surface area is 121 Å². The second-order valence-corrected chi connectivity index (χ2v) is 4.54. The third-order valence-electron chi connectivity index (χ3n) is 3.03. The van der Waals surface area contributed by atoms with Crippen LogP contribution in [-0.2, 0) is 17.6 Å². The minimum atomic E-state index is -1.55. The van der Waals surface area contributed by atoms with Gasteiger partial charge in [0.1, 0.15) is 17.4 Å². The number of hydrogen-bond acceptors (Lipinski definition) is 1. The molecule has 0 fully saturated rings. The number of halogens is 6. The van der Waals surface area contributed by atoms with Gasteiger partial charge < -0.3 is 0 Å². The smallest absolute Gasteiger partial charge is 0.165 e. The highest BCUT2D eigenvalue weighted by molar-refractivity contribution is 5.83. The van der Waals surface area contributed by atoms with Crippen molar-refractivity contribution in [3.63, 3.8) is 0 Å². The maximum absolute atomic E-state index is 13.4. The van der Waals surface area contributed by atoms with Gasteiger partial charge in [0, 0.05) is 24.0 Å². The Balaban J connectivity index is 2.26. The van der Waals surface area contributed by atoms with E-state index in [4.69, 9.17) is 0 Å². The van der Waals surface area contributed by atoms with Crippen molar-refractivity contribution in [3.05, 3.63) is 70.3 Å². The summed E-state index contributed by atoms with van der Waals surface area (Å²) in [7, 11) is 0. The minimum Gasteiger partial charge on any atom is -0.299 e. The fourth-order valence-corrected chi connectivity index (χ4v) is 1.92. The first-order chi connectivity index (χ1) is 10.3. The number of hydrogen-bond donors (Lipinski definition) is 0.